The molecule has 0 saturated heterocycles. The van der Waals surface area contributed by atoms with Gasteiger partial charge in [-0.2, -0.15) is 0 Å². The zero-order chi connectivity index (χ0) is 4.50. The van der Waals surface area contributed by atoms with Crippen LogP contribution in [0.4, 0.5) is 17.6 Å². The summed E-state index contributed by atoms with van der Waals surface area (Å²) >= 11 is 0. The summed E-state index contributed by atoms with van der Waals surface area (Å²) in [7, 11) is 0. The van der Waals surface area contributed by atoms with Crippen molar-refractivity contribution in [1.29, 1.82) is 0 Å². The minimum Gasteiger partial charge on any atom is -0.140 e. The monoisotopic (exact) mass is 144 g/mol. The Labute approximate surface area is 42.0 Å². The van der Waals surface area contributed by atoms with E-state index in [2.05, 4.69) is 0 Å². The predicted octanol–water partition coefficient (Wildman–Crippen LogP) is 1.47. The zero-order valence-electron chi connectivity index (χ0n) is 2.37. The number of hydrogen-bond acceptors (Lipinski definition) is 0. The Bertz CT molecular complexity index is 23.0. The quantitative estimate of drug-likeness (QED) is 0.356. The molecule has 0 N–H and O–H groups in total. The second-order valence-electron chi connectivity index (χ2n) is 0.429. The first kappa shape index (κ1) is 9.53. The number of hydrogen-bond donors (Lipinski definition) is 0. The zero-order valence-corrected chi connectivity index (χ0v) is 3.47. The van der Waals surface area contributed by atoms with E-state index in [9.17, 15) is 17.6 Å². The van der Waals surface area contributed by atoms with Crippen LogP contribution in [0.1, 0.15) is 0 Å². The van der Waals surface area contributed by atoms with Gasteiger partial charge < -0.3 is 0 Å². The van der Waals surface area contributed by atoms with E-state index in [0.717, 1.165) is 0 Å². The molecule has 0 aliphatic rings. The summed E-state index contributed by atoms with van der Waals surface area (Å²) in [5.41, 5.74) is 0. The minimum absolute atomic E-state index is 0. The van der Waals surface area contributed by atoms with Crippen molar-refractivity contribution in [3.8, 4) is 0 Å². The molecular formula is CF4Fe. The van der Waals surface area contributed by atoms with E-state index in [-0.39, 0.29) is 17.1 Å². The van der Waals surface area contributed by atoms with E-state index in [1.54, 1.807) is 0 Å². The van der Waals surface area contributed by atoms with Gasteiger partial charge in [-0.25, -0.2) is 0 Å². The molecule has 0 spiro atoms. The molecule has 0 aromatic carbocycles. The van der Waals surface area contributed by atoms with Crippen molar-refractivity contribution in [2.24, 2.45) is 0 Å². The van der Waals surface area contributed by atoms with Crippen LogP contribution in [0.15, 0.2) is 0 Å². The van der Waals surface area contributed by atoms with Crippen molar-refractivity contribution < 1.29 is 34.6 Å². The van der Waals surface area contributed by atoms with Crippen LogP contribution >= 0.6 is 0 Å². The second kappa shape index (κ2) is 2.42. The average Bonchev–Trinajstić information content (AvgIpc) is 0.722. The van der Waals surface area contributed by atoms with E-state index >= 15 is 0 Å². The Hall–Kier alpha value is 0.239. The van der Waals surface area contributed by atoms with E-state index in [1.165, 1.54) is 0 Å². The van der Waals surface area contributed by atoms with Gasteiger partial charge in [-0.05, 0) is 0 Å². The molecule has 0 heterocycles. The largest absolute Gasteiger partial charge is 0.559 e. The number of alkyl halides is 4. The van der Waals surface area contributed by atoms with Gasteiger partial charge in [-0.3, -0.25) is 0 Å². The number of halogens is 4. The molecular weight excluding hydrogens is 144 g/mol. The van der Waals surface area contributed by atoms with Crippen molar-refractivity contribution in [2.75, 3.05) is 0 Å². The van der Waals surface area contributed by atoms with Gasteiger partial charge >= 0.3 is 6.43 Å². The Morgan fingerprint density at radius 1 is 0.833 bits per heavy atom. The summed E-state index contributed by atoms with van der Waals surface area (Å²) < 4.78 is 38.8. The van der Waals surface area contributed by atoms with Crippen LogP contribution in [0, 0.1) is 0 Å². The Balaban J connectivity index is 0. The fourth-order valence-corrected chi connectivity index (χ4v) is 0. The van der Waals surface area contributed by atoms with E-state index in [0.29, 0.717) is 0 Å². The first-order chi connectivity index (χ1) is 2.00. The van der Waals surface area contributed by atoms with E-state index in [1.807, 2.05) is 0 Å². The number of rotatable bonds is 0. The van der Waals surface area contributed by atoms with Gasteiger partial charge in [-0.15, -0.1) is 17.6 Å². The molecule has 0 rings (SSSR count). The first-order valence-electron chi connectivity index (χ1n) is 0.756. The van der Waals surface area contributed by atoms with E-state index in [4.69, 9.17) is 0 Å². The van der Waals surface area contributed by atoms with Gasteiger partial charge in [0.15, 0.2) is 0 Å². The Kier molecular flexibility index (Phi) is 3.84. The summed E-state index contributed by atoms with van der Waals surface area (Å²) in [6.45, 7) is 0. The second-order valence-corrected chi connectivity index (χ2v) is 0.429. The third-order valence-corrected chi connectivity index (χ3v) is 0. The van der Waals surface area contributed by atoms with Crippen molar-refractivity contribution >= 4 is 0 Å². The maximum absolute atomic E-state index is 9.69. The smallest absolute Gasteiger partial charge is 0.140 e. The van der Waals surface area contributed by atoms with Crippen LogP contribution < -0.4 is 0 Å². The molecule has 0 amide bonds. The van der Waals surface area contributed by atoms with Gasteiger partial charge in [0.05, 0.1) is 0 Å². The third kappa shape index (κ3) is 776. The van der Waals surface area contributed by atoms with Gasteiger partial charge in [0, 0.05) is 17.1 Å². The maximum atomic E-state index is 9.69. The average molecular weight is 144 g/mol. The van der Waals surface area contributed by atoms with Crippen molar-refractivity contribution in [1.82, 2.24) is 0 Å². The minimum atomic E-state index is -5.50. The van der Waals surface area contributed by atoms with Crippen molar-refractivity contribution in [2.45, 2.75) is 6.43 Å². The fourth-order valence-electron chi connectivity index (χ4n) is 0. The molecule has 40 valence electrons. The summed E-state index contributed by atoms with van der Waals surface area (Å²) in [6.07, 6.45) is -5.50. The first-order valence-corrected chi connectivity index (χ1v) is 0.756. The molecule has 0 bridgehead atoms. The Morgan fingerprint density at radius 2 is 0.833 bits per heavy atom. The summed E-state index contributed by atoms with van der Waals surface area (Å²) in [5, 5.41) is 0. The molecule has 0 unspecified atom stereocenters. The van der Waals surface area contributed by atoms with Crippen LogP contribution in [-0.4, -0.2) is 6.43 Å². The topological polar surface area (TPSA) is 0 Å². The van der Waals surface area contributed by atoms with Gasteiger partial charge in [0.1, 0.15) is 0 Å². The van der Waals surface area contributed by atoms with Crippen molar-refractivity contribution in [3.63, 3.8) is 0 Å². The van der Waals surface area contributed by atoms with Crippen LogP contribution in [0.5, 0.6) is 0 Å². The predicted molar refractivity (Wildman–Crippen MR) is 7.16 cm³/mol. The van der Waals surface area contributed by atoms with Gasteiger partial charge in [0.25, 0.3) is 0 Å². The molecule has 0 fully saturated rings. The molecule has 0 aromatic rings. The van der Waals surface area contributed by atoms with E-state index < -0.39 is 6.43 Å². The van der Waals surface area contributed by atoms with Crippen LogP contribution in [0.3, 0.4) is 0 Å². The molecule has 0 radical (unpaired) electrons. The van der Waals surface area contributed by atoms with Crippen LogP contribution in [-0.2, 0) is 17.1 Å². The molecule has 0 aliphatic heterocycles. The van der Waals surface area contributed by atoms with Crippen LogP contribution in [0.25, 0.3) is 0 Å². The summed E-state index contributed by atoms with van der Waals surface area (Å²) in [6, 6.07) is 0. The third-order valence-electron chi connectivity index (χ3n) is 0. The molecule has 0 aromatic heterocycles. The SMILES string of the molecule is FC(F)(F)F.[Fe]. The standard InChI is InChI=1S/CF4.Fe/c2-1(3,4)5;. The normalized spacial score (nSPS) is 10.0. The molecule has 0 atom stereocenters. The summed E-state index contributed by atoms with van der Waals surface area (Å²) in [4.78, 5) is 0. The molecule has 5 heteroatoms. The van der Waals surface area contributed by atoms with Gasteiger partial charge in [0.2, 0.25) is 0 Å². The van der Waals surface area contributed by atoms with Gasteiger partial charge in [-0.1, -0.05) is 0 Å². The Morgan fingerprint density at radius 3 is 0.833 bits per heavy atom. The molecule has 0 nitrogen and oxygen atoms in total. The van der Waals surface area contributed by atoms with Crippen LogP contribution in [0.2, 0.25) is 0 Å². The van der Waals surface area contributed by atoms with Crippen molar-refractivity contribution in [3.05, 3.63) is 0 Å². The summed E-state index contributed by atoms with van der Waals surface area (Å²) in [5.74, 6) is 0. The maximum Gasteiger partial charge on any atom is 0.559 e. The molecule has 0 aliphatic carbocycles. The molecule has 0 saturated carbocycles. The fraction of sp³-hybridized carbons (Fsp3) is 1.00. The molecule has 6 heavy (non-hydrogen) atoms.